The van der Waals surface area contributed by atoms with Crippen LogP contribution in [0.5, 0.6) is 0 Å². The zero-order valence-corrected chi connectivity index (χ0v) is 11.0. The van der Waals surface area contributed by atoms with Crippen LogP contribution in [0, 0.1) is 23.2 Å². The normalized spacial score (nSPS) is 20.3. The highest BCUT2D eigenvalue weighted by Gasteiger charge is 2.37. The Bertz CT molecular complexity index is 308. The average Bonchev–Trinajstić information content (AvgIpc) is 2.97. The van der Waals surface area contributed by atoms with Crippen LogP contribution in [-0.4, -0.2) is 10.7 Å². The van der Waals surface area contributed by atoms with Gasteiger partial charge in [-0.05, 0) is 44.4 Å². The van der Waals surface area contributed by atoms with Gasteiger partial charge in [-0.1, -0.05) is 26.0 Å². The third kappa shape index (κ3) is 4.41. The van der Waals surface area contributed by atoms with Crippen LogP contribution in [-0.2, 0) is 0 Å². The van der Waals surface area contributed by atoms with Crippen LogP contribution in [0.1, 0.15) is 53.4 Å². The first kappa shape index (κ1) is 13.3. The van der Waals surface area contributed by atoms with E-state index >= 15 is 0 Å². The van der Waals surface area contributed by atoms with Gasteiger partial charge in [-0.25, -0.2) is 0 Å². The highest BCUT2D eigenvalue weighted by Crippen LogP contribution is 2.40. The second-order valence-corrected chi connectivity index (χ2v) is 5.87. The summed E-state index contributed by atoms with van der Waals surface area (Å²) in [5.41, 5.74) is -0.383. The molecule has 0 heterocycles. The minimum Gasteiger partial charge on any atom is -0.386 e. The fraction of sp³-hybridized carbons (Fsp3) is 0.733. The lowest BCUT2D eigenvalue weighted by Crippen LogP contribution is -2.23. The number of hydrogen-bond donors (Lipinski definition) is 1. The maximum Gasteiger partial charge on any atom is 0.0827 e. The first-order chi connectivity index (χ1) is 7.37. The second-order valence-electron chi connectivity index (χ2n) is 5.87. The third-order valence-electron chi connectivity index (χ3n) is 3.27. The first-order valence-electron chi connectivity index (χ1n) is 6.17. The molecule has 0 saturated heterocycles. The molecular weight excluding hydrogens is 196 g/mol. The fourth-order valence-electron chi connectivity index (χ4n) is 1.82. The summed E-state index contributed by atoms with van der Waals surface area (Å²) in [7, 11) is 0. The van der Waals surface area contributed by atoms with Gasteiger partial charge in [0.1, 0.15) is 0 Å². The van der Waals surface area contributed by atoms with Gasteiger partial charge < -0.3 is 5.11 Å². The minimum atomic E-state index is -0.591. The Morgan fingerprint density at radius 1 is 1.31 bits per heavy atom. The summed E-state index contributed by atoms with van der Waals surface area (Å²) in [5.74, 6) is 6.55. The van der Waals surface area contributed by atoms with E-state index in [9.17, 15) is 5.11 Å². The Labute approximate surface area is 99.9 Å². The van der Waals surface area contributed by atoms with Gasteiger partial charge in [0, 0.05) is 6.42 Å². The summed E-state index contributed by atoms with van der Waals surface area (Å²) in [6.07, 6.45) is 8.33. The van der Waals surface area contributed by atoms with E-state index in [0.717, 1.165) is 12.8 Å². The summed E-state index contributed by atoms with van der Waals surface area (Å²) >= 11 is 0. The molecule has 0 aromatic rings. The van der Waals surface area contributed by atoms with Crippen molar-refractivity contribution >= 4 is 0 Å². The summed E-state index contributed by atoms with van der Waals surface area (Å²) in [5, 5.41) is 10.1. The van der Waals surface area contributed by atoms with E-state index in [1.165, 1.54) is 12.8 Å². The summed E-state index contributed by atoms with van der Waals surface area (Å²) < 4.78 is 0. The van der Waals surface area contributed by atoms with Gasteiger partial charge in [0.25, 0.3) is 0 Å². The van der Waals surface area contributed by atoms with Crippen molar-refractivity contribution < 1.29 is 5.11 Å². The Morgan fingerprint density at radius 3 is 2.44 bits per heavy atom. The van der Waals surface area contributed by atoms with Crippen molar-refractivity contribution in [2.24, 2.45) is 11.3 Å². The van der Waals surface area contributed by atoms with Crippen molar-refractivity contribution in [3.63, 3.8) is 0 Å². The zero-order chi connectivity index (χ0) is 12.2. The predicted octanol–water partition coefficient (Wildman–Crippen LogP) is 3.53. The molecule has 0 spiro atoms. The van der Waals surface area contributed by atoms with Crippen LogP contribution >= 0.6 is 0 Å². The van der Waals surface area contributed by atoms with E-state index in [-0.39, 0.29) is 5.41 Å². The lowest BCUT2D eigenvalue weighted by molar-refractivity contribution is 0.0871. The molecule has 0 aromatic heterocycles. The molecule has 0 amide bonds. The SMILES string of the molecule is CC#CCC(C)(C)C/C=C/C(C)(O)C1CC1. The van der Waals surface area contributed by atoms with E-state index < -0.39 is 5.60 Å². The molecule has 90 valence electrons. The molecule has 1 unspecified atom stereocenters. The zero-order valence-electron chi connectivity index (χ0n) is 11.0. The monoisotopic (exact) mass is 220 g/mol. The molecule has 0 radical (unpaired) electrons. The molecular formula is C15H24O. The van der Waals surface area contributed by atoms with Crippen LogP contribution in [0.15, 0.2) is 12.2 Å². The van der Waals surface area contributed by atoms with Crippen LogP contribution in [0.3, 0.4) is 0 Å². The van der Waals surface area contributed by atoms with Crippen molar-refractivity contribution in [2.75, 3.05) is 0 Å². The van der Waals surface area contributed by atoms with E-state index in [2.05, 4.69) is 31.8 Å². The van der Waals surface area contributed by atoms with Crippen LogP contribution in [0.4, 0.5) is 0 Å². The Kier molecular flexibility index (Phi) is 4.21. The highest BCUT2D eigenvalue weighted by atomic mass is 16.3. The topological polar surface area (TPSA) is 20.2 Å². The van der Waals surface area contributed by atoms with Gasteiger partial charge in [-0.3, -0.25) is 0 Å². The minimum absolute atomic E-state index is 0.207. The van der Waals surface area contributed by atoms with Gasteiger partial charge in [-0.15, -0.1) is 11.8 Å². The van der Waals surface area contributed by atoms with Gasteiger partial charge in [-0.2, -0.15) is 0 Å². The summed E-state index contributed by atoms with van der Waals surface area (Å²) in [6, 6.07) is 0. The second kappa shape index (κ2) is 5.06. The molecule has 0 bridgehead atoms. The first-order valence-corrected chi connectivity index (χ1v) is 6.17. The smallest absolute Gasteiger partial charge is 0.0827 e. The maximum atomic E-state index is 10.1. The van der Waals surface area contributed by atoms with Crippen LogP contribution in [0.2, 0.25) is 0 Å². The van der Waals surface area contributed by atoms with Crippen molar-refractivity contribution in [3.8, 4) is 11.8 Å². The van der Waals surface area contributed by atoms with E-state index in [1.54, 1.807) is 0 Å². The Hall–Kier alpha value is -0.740. The van der Waals surface area contributed by atoms with Gasteiger partial charge >= 0.3 is 0 Å². The van der Waals surface area contributed by atoms with E-state index in [0.29, 0.717) is 5.92 Å². The molecule has 1 aliphatic carbocycles. The lowest BCUT2D eigenvalue weighted by Gasteiger charge is -2.22. The van der Waals surface area contributed by atoms with Crippen LogP contribution < -0.4 is 0 Å². The van der Waals surface area contributed by atoms with Gasteiger partial charge in [0.05, 0.1) is 5.60 Å². The molecule has 1 aliphatic rings. The standard InChI is InChI=1S/C15H24O/c1-5-6-10-14(2,3)11-7-12-15(4,16)13-8-9-13/h7,12-13,16H,8-11H2,1-4H3/b12-7+. The molecule has 1 fully saturated rings. The predicted molar refractivity (Wildman–Crippen MR) is 69.0 cm³/mol. The van der Waals surface area contributed by atoms with Crippen molar-refractivity contribution in [3.05, 3.63) is 12.2 Å². The molecule has 1 rings (SSSR count). The molecule has 1 atom stereocenters. The summed E-state index contributed by atoms with van der Waals surface area (Å²) in [6.45, 7) is 8.23. The molecule has 1 saturated carbocycles. The van der Waals surface area contributed by atoms with Crippen LogP contribution in [0.25, 0.3) is 0 Å². The van der Waals surface area contributed by atoms with Gasteiger partial charge in [0.15, 0.2) is 0 Å². The van der Waals surface area contributed by atoms with E-state index in [4.69, 9.17) is 0 Å². The van der Waals surface area contributed by atoms with Gasteiger partial charge in [0.2, 0.25) is 0 Å². The molecule has 1 heteroatoms. The van der Waals surface area contributed by atoms with Crippen molar-refractivity contribution in [1.29, 1.82) is 0 Å². The molecule has 1 nitrogen and oxygen atoms in total. The van der Waals surface area contributed by atoms with E-state index in [1.807, 2.05) is 19.9 Å². The van der Waals surface area contributed by atoms with Crippen molar-refractivity contribution in [2.45, 2.75) is 59.0 Å². The number of allylic oxidation sites excluding steroid dienone is 1. The van der Waals surface area contributed by atoms with Crippen molar-refractivity contribution in [1.82, 2.24) is 0 Å². The molecule has 1 N–H and O–H groups in total. The number of rotatable bonds is 5. The third-order valence-corrected chi connectivity index (χ3v) is 3.27. The molecule has 0 aromatic carbocycles. The number of aliphatic hydroxyl groups is 1. The Balaban J connectivity index is 2.42. The fourth-order valence-corrected chi connectivity index (χ4v) is 1.82. The number of hydrogen-bond acceptors (Lipinski definition) is 1. The molecule has 16 heavy (non-hydrogen) atoms. The molecule has 0 aliphatic heterocycles. The largest absolute Gasteiger partial charge is 0.386 e. The quantitative estimate of drug-likeness (QED) is 0.555. The highest BCUT2D eigenvalue weighted by molar-refractivity contribution is 5.08. The lowest BCUT2D eigenvalue weighted by atomic mass is 9.85. The summed E-state index contributed by atoms with van der Waals surface area (Å²) in [4.78, 5) is 0. The maximum absolute atomic E-state index is 10.1. The average molecular weight is 220 g/mol. The Morgan fingerprint density at radius 2 is 1.94 bits per heavy atom.